The van der Waals surface area contributed by atoms with Gasteiger partial charge in [0.1, 0.15) is 0 Å². The molecule has 0 saturated heterocycles. The molecule has 0 aliphatic heterocycles. The second kappa shape index (κ2) is 4.87. The number of carbonyl (C=O) groups is 1. The lowest BCUT2D eigenvalue weighted by molar-refractivity contribution is -0.153. The van der Waals surface area contributed by atoms with Crippen LogP contribution in [0.2, 0.25) is 0 Å². The van der Waals surface area contributed by atoms with Crippen molar-refractivity contribution in [2.24, 2.45) is 0 Å². The molecular weight excluding hydrogens is 220 g/mol. The van der Waals surface area contributed by atoms with Crippen molar-refractivity contribution in [2.75, 3.05) is 7.11 Å². The number of rotatable bonds is 4. The fraction of sp³-hybridized carbons (Fsp3) is 0.667. The van der Waals surface area contributed by atoms with E-state index in [0.29, 0.717) is 0 Å². The first-order valence-electron chi connectivity index (χ1n) is 5.61. The van der Waals surface area contributed by atoms with Crippen molar-refractivity contribution in [1.29, 1.82) is 0 Å². The lowest BCUT2D eigenvalue weighted by Gasteiger charge is -2.27. The Morgan fingerprint density at radius 3 is 2.53 bits per heavy atom. The third kappa shape index (κ3) is 2.66. The van der Waals surface area contributed by atoms with Gasteiger partial charge in [0.15, 0.2) is 6.10 Å². The van der Waals surface area contributed by atoms with Crippen LogP contribution < -0.4 is 0 Å². The van der Waals surface area contributed by atoms with E-state index in [-0.39, 0.29) is 6.04 Å². The first-order chi connectivity index (χ1) is 7.80. The second-order valence-corrected chi connectivity index (χ2v) is 4.95. The van der Waals surface area contributed by atoms with Crippen molar-refractivity contribution in [1.82, 2.24) is 9.78 Å². The Hall–Kier alpha value is -1.36. The van der Waals surface area contributed by atoms with Crippen molar-refractivity contribution < 1.29 is 14.6 Å². The zero-order valence-corrected chi connectivity index (χ0v) is 11.0. The van der Waals surface area contributed by atoms with Crippen molar-refractivity contribution in [3.05, 3.63) is 18.0 Å². The van der Waals surface area contributed by atoms with E-state index in [9.17, 15) is 9.90 Å². The summed E-state index contributed by atoms with van der Waals surface area (Å²) in [5.41, 5.74) is 0.0874. The van der Waals surface area contributed by atoms with E-state index in [1.807, 2.05) is 20.0 Å². The summed E-state index contributed by atoms with van der Waals surface area (Å²) in [5.74, 6) is -0.632. The number of hydrogen-bond acceptors (Lipinski definition) is 4. The molecule has 0 fully saturated rings. The van der Waals surface area contributed by atoms with Gasteiger partial charge in [0.25, 0.3) is 0 Å². The van der Waals surface area contributed by atoms with Gasteiger partial charge >= 0.3 is 5.97 Å². The third-order valence-corrected chi connectivity index (χ3v) is 2.98. The van der Waals surface area contributed by atoms with Gasteiger partial charge < -0.3 is 9.84 Å². The Kier molecular flexibility index (Phi) is 3.93. The Morgan fingerprint density at radius 2 is 2.12 bits per heavy atom. The number of carbonyl (C=O) groups excluding carboxylic acids is 1. The number of aliphatic hydroxyl groups excluding tert-OH is 1. The number of ether oxygens (including phenoxy) is 1. The molecule has 1 rings (SSSR count). The summed E-state index contributed by atoms with van der Waals surface area (Å²) < 4.78 is 6.35. The van der Waals surface area contributed by atoms with Gasteiger partial charge in [0.05, 0.1) is 13.3 Å². The van der Waals surface area contributed by atoms with Gasteiger partial charge in [-0.05, 0) is 19.4 Å². The average molecular weight is 240 g/mol. The molecule has 5 heteroatoms. The minimum Gasteiger partial charge on any atom is -0.467 e. The van der Waals surface area contributed by atoms with E-state index < -0.39 is 17.5 Å². The van der Waals surface area contributed by atoms with Crippen LogP contribution >= 0.6 is 0 Å². The molecule has 0 amide bonds. The lowest BCUT2D eigenvalue weighted by atomic mass is 9.81. The lowest BCUT2D eigenvalue weighted by Crippen LogP contribution is -2.40. The average Bonchev–Trinajstić information content (AvgIpc) is 2.76. The maximum atomic E-state index is 11.4. The molecule has 0 radical (unpaired) electrons. The van der Waals surface area contributed by atoms with Crippen LogP contribution in [0.15, 0.2) is 12.4 Å². The molecule has 1 unspecified atom stereocenters. The van der Waals surface area contributed by atoms with E-state index in [1.165, 1.54) is 7.11 Å². The third-order valence-electron chi connectivity index (χ3n) is 2.98. The smallest absolute Gasteiger partial charge is 0.335 e. The predicted molar refractivity (Wildman–Crippen MR) is 63.7 cm³/mol. The van der Waals surface area contributed by atoms with Crippen molar-refractivity contribution in [3.8, 4) is 0 Å². The molecule has 1 aromatic heterocycles. The SMILES string of the molecule is COC(=O)C(O)C(C)(C)c1cnn(C(C)C)c1. The molecule has 1 heterocycles. The van der Waals surface area contributed by atoms with E-state index in [4.69, 9.17) is 0 Å². The van der Waals surface area contributed by atoms with Gasteiger partial charge in [-0.15, -0.1) is 0 Å². The highest BCUT2D eigenvalue weighted by Gasteiger charge is 2.37. The number of methoxy groups -OCH3 is 1. The van der Waals surface area contributed by atoms with Gasteiger partial charge in [-0.3, -0.25) is 4.68 Å². The minimum absolute atomic E-state index is 0.245. The molecule has 0 aromatic carbocycles. The number of esters is 1. The standard InChI is InChI=1S/C12H20N2O3/c1-8(2)14-7-9(6-13-14)12(3,4)10(15)11(16)17-5/h6-8,10,15H,1-5H3. The fourth-order valence-electron chi connectivity index (χ4n) is 1.52. The highest BCUT2D eigenvalue weighted by molar-refractivity contribution is 5.76. The number of nitrogens with zero attached hydrogens (tertiary/aromatic N) is 2. The molecule has 0 aliphatic carbocycles. The van der Waals surface area contributed by atoms with Crippen LogP contribution in [0.4, 0.5) is 0 Å². The molecule has 0 bridgehead atoms. The second-order valence-electron chi connectivity index (χ2n) is 4.95. The normalized spacial score (nSPS) is 13.8. The Balaban J connectivity index is 2.99. The van der Waals surface area contributed by atoms with E-state index >= 15 is 0 Å². The Morgan fingerprint density at radius 1 is 1.53 bits per heavy atom. The number of aromatic nitrogens is 2. The maximum absolute atomic E-state index is 11.4. The number of aliphatic hydroxyl groups is 1. The summed E-state index contributed by atoms with van der Waals surface area (Å²) in [4.78, 5) is 11.4. The maximum Gasteiger partial charge on any atom is 0.335 e. The highest BCUT2D eigenvalue weighted by Crippen LogP contribution is 2.28. The Bertz CT molecular complexity index is 396. The zero-order chi connectivity index (χ0) is 13.2. The van der Waals surface area contributed by atoms with Gasteiger partial charge in [-0.2, -0.15) is 5.10 Å². The van der Waals surface area contributed by atoms with Crippen LogP contribution in [0, 0.1) is 0 Å². The van der Waals surface area contributed by atoms with Crippen LogP contribution in [0.25, 0.3) is 0 Å². The van der Waals surface area contributed by atoms with Crippen LogP contribution in [0.3, 0.4) is 0 Å². The van der Waals surface area contributed by atoms with Gasteiger partial charge in [0, 0.05) is 17.7 Å². The van der Waals surface area contributed by atoms with Crippen molar-refractivity contribution in [3.63, 3.8) is 0 Å². The topological polar surface area (TPSA) is 64.3 Å². The largest absolute Gasteiger partial charge is 0.467 e. The molecule has 96 valence electrons. The molecular formula is C12H20N2O3. The number of hydrogen-bond donors (Lipinski definition) is 1. The summed E-state index contributed by atoms with van der Waals surface area (Å²) in [6.07, 6.45) is 2.32. The van der Waals surface area contributed by atoms with Crippen LogP contribution in [0.5, 0.6) is 0 Å². The molecule has 17 heavy (non-hydrogen) atoms. The van der Waals surface area contributed by atoms with Crippen molar-refractivity contribution >= 4 is 5.97 Å². The van der Waals surface area contributed by atoms with E-state index in [0.717, 1.165) is 5.56 Å². The van der Waals surface area contributed by atoms with Gasteiger partial charge in [-0.1, -0.05) is 13.8 Å². The molecule has 0 aliphatic rings. The molecule has 1 aromatic rings. The summed E-state index contributed by atoms with van der Waals surface area (Å²) in [7, 11) is 1.26. The monoisotopic (exact) mass is 240 g/mol. The van der Waals surface area contributed by atoms with E-state index in [2.05, 4.69) is 9.84 Å². The summed E-state index contributed by atoms with van der Waals surface area (Å²) in [5, 5.41) is 14.1. The van der Waals surface area contributed by atoms with E-state index in [1.54, 1.807) is 24.7 Å². The molecule has 0 spiro atoms. The quantitative estimate of drug-likeness (QED) is 0.805. The fourth-order valence-corrected chi connectivity index (χ4v) is 1.52. The first-order valence-corrected chi connectivity index (χ1v) is 5.61. The predicted octanol–water partition coefficient (Wildman–Crippen LogP) is 1.28. The highest BCUT2D eigenvalue weighted by atomic mass is 16.5. The molecule has 1 atom stereocenters. The van der Waals surface area contributed by atoms with Crippen LogP contribution in [0.1, 0.15) is 39.3 Å². The molecule has 5 nitrogen and oxygen atoms in total. The summed E-state index contributed by atoms with van der Waals surface area (Å²) >= 11 is 0. The Labute approximate surface area is 101 Å². The van der Waals surface area contributed by atoms with Crippen LogP contribution in [-0.2, 0) is 14.9 Å². The van der Waals surface area contributed by atoms with Crippen LogP contribution in [-0.4, -0.2) is 34.1 Å². The summed E-state index contributed by atoms with van der Waals surface area (Å²) in [6, 6.07) is 0.245. The molecule has 1 N–H and O–H groups in total. The first kappa shape index (κ1) is 13.7. The zero-order valence-electron chi connectivity index (χ0n) is 11.0. The van der Waals surface area contributed by atoms with Gasteiger partial charge in [-0.25, -0.2) is 4.79 Å². The summed E-state index contributed by atoms with van der Waals surface area (Å²) in [6.45, 7) is 7.60. The van der Waals surface area contributed by atoms with Crippen molar-refractivity contribution in [2.45, 2.75) is 45.3 Å². The molecule has 0 saturated carbocycles. The van der Waals surface area contributed by atoms with Gasteiger partial charge in [0.2, 0.25) is 0 Å². The minimum atomic E-state index is -1.20.